The van der Waals surface area contributed by atoms with Gasteiger partial charge in [-0.3, -0.25) is 4.68 Å². The Hall–Kier alpha value is -0.950. The number of aromatic nitrogens is 3. The van der Waals surface area contributed by atoms with Gasteiger partial charge in [0, 0.05) is 25.3 Å². The maximum Gasteiger partial charge on any atom is 0.148 e. The third-order valence-corrected chi connectivity index (χ3v) is 3.43. The first-order valence-corrected chi connectivity index (χ1v) is 7.80. The van der Waals surface area contributed by atoms with Gasteiger partial charge in [-0.15, -0.1) is 0 Å². The SMILES string of the molecule is CCNC(Cc1ncnn1CC)CS(C)(=O)=O. The van der Waals surface area contributed by atoms with Crippen molar-refractivity contribution in [1.82, 2.24) is 20.1 Å². The fraction of sp³-hybridized carbons (Fsp3) is 0.800. The highest BCUT2D eigenvalue weighted by Gasteiger charge is 2.17. The van der Waals surface area contributed by atoms with Gasteiger partial charge in [-0.2, -0.15) is 5.10 Å². The van der Waals surface area contributed by atoms with E-state index in [4.69, 9.17) is 0 Å². The van der Waals surface area contributed by atoms with E-state index in [9.17, 15) is 8.42 Å². The zero-order chi connectivity index (χ0) is 12.9. The quantitative estimate of drug-likeness (QED) is 0.738. The lowest BCUT2D eigenvalue weighted by Gasteiger charge is -2.16. The van der Waals surface area contributed by atoms with Crippen molar-refractivity contribution in [3.8, 4) is 0 Å². The van der Waals surface area contributed by atoms with E-state index >= 15 is 0 Å². The molecule has 0 amide bonds. The van der Waals surface area contributed by atoms with Gasteiger partial charge < -0.3 is 5.32 Å². The fourth-order valence-electron chi connectivity index (χ4n) is 1.77. The van der Waals surface area contributed by atoms with Gasteiger partial charge in [-0.1, -0.05) is 6.92 Å². The summed E-state index contributed by atoms with van der Waals surface area (Å²) in [6, 6.07) is -0.107. The smallest absolute Gasteiger partial charge is 0.148 e. The summed E-state index contributed by atoms with van der Waals surface area (Å²) in [5.74, 6) is 0.944. The number of sulfone groups is 1. The predicted octanol–water partition coefficient (Wildman–Crippen LogP) is -0.137. The molecule has 98 valence electrons. The van der Waals surface area contributed by atoms with Crippen LogP contribution in [0.5, 0.6) is 0 Å². The van der Waals surface area contributed by atoms with E-state index in [-0.39, 0.29) is 11.8 Å². The van der Waals surface area contributed by atoms with E-state index in [1.807, 2.05) is 13.8 Å². The summed E-state index contributed by atoms with van der Waals surface area (Å²) >= 11 is 0. The van der Waals surface area contributed by atoms with Crippen LogP contribution in [0, 0.1) is 0 Å². The third-order valence-electron chi connectivity index (χ3n) is 2.42. The highest BCUT2D eigenvalue weighted by Crippen LogP contribution is 2.02. The lowest BCUT2D eigenvalue weighted by molar-refractivity contribution is 0.514. The number of aryl methyl sites for hydroxylation is 1. The molecule has 0 radical (unpaired) electrons. The van der Waals surface area contributed by atoms with Crippen LogP contribution in [0.15, 0.2) is 6.33 Å². The number of likely N-dealkylation sites (N-methyl/N-ethyl adjacent to an activating group) is 1. The summed E-state index contributed by atoms with van der Waals surface area (Å²) in [5.41, 5.74) is 0. The molecular formula is C10H20N4O2S. The lowest BCUT2D eigenvalue weighted by Crippen LogP contribution is -2.37. The van der Waals surface area contributed by atoms with Crippen molar-refractivity contribution in [2.24, 2.45) is 0 Å². The minimum Gasteiger partial charge on any atom is -0.313 e. The highest BCUT2D eigenvalue weighted by molar-refractivity contribution is 7.90. The molecule has 0 aliphatic rings. The fourth-order valence-corrected chi connectivity index (χ4v) is 2.74. The van der Waals surface area contributed by atoms with Gasteiger partial charge in [0.25, 0.3) is 0 Å². The number of nitrogens with zero attached hydrogens (tertiary/aromatic N) is 3. The van der Waals surface area contributed by atoms with E-state index in [2.05, 4.69) is 15.4 Å². The number of hydrogen-bond donors (Lipinski definition) is 1. The van der Waals surface area contributed by atoms with Gasteiger partial charge in [0.2, 0.25) is 0 Å². The molecule has 7 heteroatoms. The third kappa shape index (κ3) is 4.82. The molecule has 0 aliphatic heterocycles. The molecule has 0 aromatic carbocycles. The molecule has 1 heterocycles. The summed E-state index contributed by atoms with van der Waals surface area (Å²) in [6.07, 6.45) is 3.33. The van der Waals surface area contributed by atoms with Gasteiger partial charge in [0.15, 0.2) is 0 Å². The molecule has 17 heavy (non-hydrogen) atoms. The number of rotatable bonds is 7. The molecular weight excluding hydrogens is 240 g/mol. The van der Waals surface area contributed by atoms with Gasteiger partial charge in [-0.25, -0.2) is 13.4 Å². The monoisotopic (exact) mass is 260 g/mol. The van der Waals surface area contributed by atoms with Crippen molar-refractivity contribution in [3.05, 3.63) is 12.2 Å². The Balaban J connectivity index is 2.73. The molecule has 1 N–H and O–H groups in total. The number of nitrogens with one attached hydrogen (secondary N) is 1. The van der Waals surface area contributed by atoms with Crippen molar-refractivity contribution in [2.75, 3.05) is 18.6 Å². The summed E-state index contributed by atoms with van der Waals surface area (Å²) in [6.45, 7) is 5.42. The van der Waals surface area contributed by atoms with Crippen molar-refractivity contribution < 1.29 is 8.42 Å². The average molecular weight is 260 g/mol. The first-order chi connectivity index (χ1) is 7.96. The van der Waals surface area contributed by atoms with Crippen LogP contribution in [0.4, 0.5) is 0 Å². The van der Waals surface area contributed by atoms with Crippen LogP contribution in [0.25, 0.3) is 0 Å². The minimum atomic E-state index is -2.99. The number of hydrogen-bond acceptors (Lipinski definition) is 5. The molecule has 0 saturated carbocycles. The van der Waals surface area contributed by atoms with Crippen LogP contribution < -0.4 is 5.32 Å². The van der Waals surface area contributed by atoms with Crippen LogP contribution in [-0.2, 0) is 22.8 Å². The Morgan fingerprint density at radius 3 is 2.71 bits per heavy atom. The maximum atomic E-state index is 11.3. The van der Waals surface area contributed by atoms with Gasteiger partial charge in [-0.05, 0) is 13.5 Å². The molecule has 0 bridgehead atoms. The Labute approximate surface area is 102 Å². The van der Waals surface area contributed by atoms with Crippen molar-refractivity contribution in [3.63, 3.8) is 0 Å². The van der Waals surface area contributed by atoms with Crippen LogP contribution >= 0.6 is 0 Å². The summed E-state index contributed by atoms with van der Waals surface area (Å²) < 4.78 is 24.4. The van der Waals surface area contributed by atoms with Crippen LogP contribution in [0.3, 0.4) is 0 Å². The molecule has 6 nitrogen and oxygen atoms in total. The molecule has 1 atom stereocenters. The van der Waals surface area contributed by atoms with Gasteiger partial charge >= 0.3 is 0 Å². The van der Waals surface area contributed by atoms with E-state index < -0.39 is 9.84 Å². The van der Waals surface area contributed by atoms with Gasteiger partial charge in [0.1, 0.15) is 22.0 Å². The van der Waals surface area contributed by atoms with E-state index in [1.54, 1.807) is 4.68 Å². The molecule has 0 fully saturated rings. The summed E-state index contributed by atoms with van der Waals surface area (Å²) in [7, 11) is -2.99. The standard InChI is InChI=1S/C10H20N4O2S/c1-4-11-9(7-17(3,15)16)6-10-12-8-13-14(10)5-2/h8-9,11H,4-7H2,1-3H3. The largest absolute Gasteiger partial charge is 0.313 e. The Bertz CT molecular complexity index is 441. The Morgan fingerprint density at radius 1 is 1.47 bits per heavy atom. The average Bonchev–Trinajstić information content (AvgIpc) is 2.63. The second-order valence-corrected chi connectivity index (χ2v) is 6.23. The van der Waals surface area contributed by atoms with Crippen LogP contribution in [-0.4, -0.2) is 47.8 Å². The minimum absolute atomic E-state index is 0.107. The second kappa shape index (κ2) is 6.11. The highest BCUT2D eigenvalue weighted by atomic mass is 32.2. The van der Waals surface area contributed by atoms with Gasteiger partial charge in [0.05, 0.1) is 5.75 Å². The summed E-state index contributed by atoms with van der Waals surface area (Å²) in [4.78, 5) is 4.16. The molecule has 1 unspecified atom stereocenters. The van der Waals surface area contributed by atoms with E-state index in [0.717, 1.165) is 18.9 Å². The molecule has 1 aromatic rings. The topological polar surface area (TPSA) is 76.9 Å². The molecule has 1 rings (SSSR count). The van der Waals surface area contributed by atoms with Crippen LogP contribution in [0.1, 0.15) is 19.7 Å². The Kier molecular flexibility index (Phi) is 5.07. The summed E-state index contributed by atoms with van der Waals surface area (Å²) in [5, 5.41) is 7.24. The molecule has 0 saturated heterocycles. The first kappa shape index (κ1) is 14.1. The molecule has 0 spiro atoms. The lowest BCUT2D eigenvalue weighted by atomic mass is 10.2. The predicted molar refractivity (Wildman–Crippen MR) is 66.6 cm³/mol. The van der Waals surface area contributed by atoms with E-state index in [0.29, 0.717) is 6.42 Å². The molecule has 0 aliphatic carbocycles. The Morgan fingerprint density at radius 2 is 2.18 bits per heavy atom. The van der Waals surface area contributed by atoms with Crippen molar-refractivity contribution in [1.29, 1.82) is 0 Å². The zero-order valence-corrected chi connectivity index (χ0v) is 11.4. The zero-order valence-electron chi connectivity index (χ0n) is 10.5. The molecule has 1 aromatic heterocycles. The second-order valence-electron chi connectivity index (χ2n) is 4.04. The van der Waals surface area contributed by atoms with Crippen LogP contribution in [0.2, 0.25) is 0 Å². The first-order valence-electron chi connectivity index (χ1n) is 5.74. The van der Waals surface area contributed by atoms with E-state index in [1.165, 1.54) is 12.6 Å². The van der Waals surface area contributed by atoms with Crippen molar-refractivity contribution >= 4 is 9.84 Å². The normalized spacial score (nSPS) is 13.8. The van der Waals surface area contributed by atoms with Crippen molar-refractivity contribution in [2.45, 2.75) is 32.9 Å². The maximum absolute atomic E-state index is 11.3.